The van der Waals surface area contributed by atoms with Crippen LogP contribution in [0.3, 0.4) is 0 Å². The molecule has 4 rings (SSSR count). The van der Waals surface area contributed by atoms with Crippen molar-refractivity contribution in [2.75, 3.05) is 0 Å². The van der Waals surface area contributed by atoms with Crippen LogP contribution in [0.15, 0.2) is 46.9 Å². The van der Waals surface area contributed by atoms with Crippen molar-refractivity contribution >= 4 is 21.6 Å². The van der Waals surface area contributed by atoms with Gasteiger partial charge in [-0.05, 0) is 49.3 Å². The first-order valence-electron chi connectivity index (χ1n) is 8.36. The summed E-state index contributed by atoms with van der Waals surface area (Å²) < 4.78 is 1.65. The number of thiophene rings is 1. The number of allylic oxidation sites excluding steroid dienone is 1. The van der Waals surface area contributed by atoms with Gasteiger partial charge in [-0.2, -0.15) is 0 Å². The molecule has 0 unspecified atom stereocenters. The van der Waals surface area contributed by atoms with Gasteiger partial charge in [0, 0.05) is 17.5 Å². The zero-order valence-electron chi connectivity index (χ0n) is 13.8. The van der Waals surface area contributed by atoms with Crippen molar-refractivity contribution in [3.63, 3.8) is 0 Å². The lowest BCUT2D eigenvalue weighted by Crippen LogP contribution is -2.20. The normalized spacial score (nSPS) is 13.9. The molecular formula is C20H20N2OS. The molecule has 3 aromatic rings. The van der Waals surface area contributed by atoms with Crippen LogP contribution in [0.5, 0.6) is 0 Å². The molecule has 0 saturated carbocycles. The molecule has 122 valence electrons. The second-order valence-corrected chi connectivity index (χ2v) is 7.51. The molecule has 2 heterocycles. The fraction of sp³-hybridized carbons (Fsp3) is 0.300. The van der Waals surface area contributed by atoms with E-state index in [-0.39, 0.29) is 5.56 Å². The summed E-state index contributed by atoms with van der Waals surface area (Å²) >= 11 is 1.54. The average Bonchev–Trinajstić information content (AvgIpc) is 3.01. The summed E-state index contributed by atoms with van der Waals surface area (Å²) in [7, 11) is 0. The van der Waals surface area contributed by atoms with Crippen LogP contribution < -0.4 is 5.56 Å². The highest BCUT2D eigenvalue weighted by atomic mass is 32.1. The SMILES string of the molecule is C=C(C)Cn1cnc2scc(-c3ccc4c(c3)CCCC4)c2c1=O. The molecular weight excluding hydrogens is 316 g/mol. The Kier molecular flexibility index (Phi) is 3.85. The summed E-state index contributed by atoms with van der Waals surface area (Å²) in [5.41, 5.74) is 6.01. The van der Waals surface area contributed by atoms with Crippen molar-refractivity contribution in [2.24, 2.45) is 0 Å². The van der Waals surface area contributed by atoms with Gasteiger partial charge in [0.1, 0.15) is 4.83 Å². The van der Waals surface area contributed by atoms with Crippen molar-refractivity contribution in [2.45, 2.75) is 39.2 Å². The first-order valence-corrected chi connectivity index (χ1v) is 9.24. The first kappa shape index (κ1) is 15.3. The van der Waals surface area contributed by atoms with E-state index in [2.05, 4.69) is 35.1 Å². The van der Waals surface area contributed by atoms with Crippen molar-refractivity contribution in [3.8, 4) is 11.1 Å². The first-order chi connectivity index (χ1) is 11.6. The van der Waals surface area contributed by atoms with Crippen LogP contribution in [0.1, 0.15) is 30.9 Å². The smallest absolute Gasteiger partial charge is 0.263 e. The molecule has 0 spiro atoms. The second kappa shape index (κ2) is 6.02. The number of hydrogen-bond donors (Lipinski definition) is 0. The Bertz CT molecular complexity index is 997. The number of nitrogens with zero attached hydrogens (tertiary/aromatic N) is 2. The molecule has 0 saturated heterocycles. The molecule has 0 N–H and O–H groups in total. The topological polar surface area (TPSA) is 34.9 Å². The number of benzene rings is 1. The summed E-state index contributed by atoms with van der Waals surface area (Å²) in [4.78, 5) is 18.2. The Balaban J connectivity index is 1.88. The highest BCUT2D eigenvalue weighted by Crippen LogP contribution is 2.33. The van der Waals surface area contributed by atoms with Crippen LogP contribution >= 0.6 is 11.3 Å². The lowest BCUT2D eigenvalue weighted by molar-refractivity contribution is 0.686. The fourth-order valence-electron chi connectivity index (χ4n) is 3.48. The molecule has 0 bridgehead atoms. The maximum atomic E-state index is 12.9. The van der Waals surface area contributed by atoms with Gasteiger partial charge in [0.2, 0.25) is 0 Å². The van der Waals surface area contributed by atoms with Crippen molar-refractivity contribution in [3.05, 3.63) is 63.5 Å². The average molecular weight is 336 g/mol. The van der Waals surface area contributed by atoms with E-state index in [1.54, 1.807) is 22.2 Å². The third kappa shape index (κ3) is 2.61. The Morgan fingerprint density at radius 1 is 1.29 bits per heavy atom. The van der Waals surface area contributed by atoms with Crippen LogP contribution in [-0.4, -0.2) is 9.55 Å². The van der Waals surface area contributed by atoms with Crippen LogP contribution in [0.25, 0.3) is 21.3 Å². The minimum absolute atomic E-state index is 0.0250. The number of rotatable bonds is 3. The molecule has 24 heavy (non-hydrogen) atoms. The maximum absolute atomic E-state index is 12.9. The summed E-state index contributed by atoms with van der Waals surface area (Å²) in [5, 5.41) is 2.80. The Labute approximate surface area is 145 Å². The van der Waals surface area contributed by atoms with E-state index in [0.717, 1.165) is 33.3 Å². The van der Waals surface area contributed by atoms with Gasteiger partial charge in [-0.25, -0.2) is 4.98 Å². The summed E-state index contributed by atoms with van der Waals surface area (Å²) in [5.74, 6) is 0. The predicted octanol–water partition coefficient (Wildman–Crippen LogP) is 4.58. The third-order valence-electron chi connectivity index (χ3n) is 4.66. The van der Waals surface area contributed by atoms with E-state index in [0.29, 0.717) is 6.54 Å². The zero-order valence-corrected chi connectivity index (χ0v) is 14.7. The highest BCUT2D eigenvalue weighted by molar-refractivity contribution is 7.17. The minimum Gasteiger partial charge on any atom is -0.295 e. The van der Waals surface area contributed by atoms with Gasteiger partial charge in [-0.1, -0.05) is 30.4 Å². The number of aryl methyl sites for hydroxylation is 2. The van der Waals surface area contributed by atoms with E-state index in [4.69, 9.17) is 0 Å². The molecule has 0 aliphatic heterocycles. The number of aromatic nitrogens is 2. The summed E-state index contributed by atoms with van der Waals surface area (Å²) in [6.07, 6.45) is 6.49. The summed E-state index contributed by atoms with van der Waals surface area (Å²) in [6, 6.07) is 6.66. The van der Waals surface area contributed by atoms with Crippen molar-refractivity contribution < 1.29 is 0 Å². The Morgan fingerprint density at radius 2 is 2.08 bits per heavy atom. The molecule has 4 heteroatoms. The van der Waals surface area contributed by atoms with E-state index >= 15 is 0 Å². The van der Waals surface area contributed by atoms with Gasteiger partial charge in [0.15, 0.2) is 0 Å². The van der Waals surface area contributed by atoms with Gasteiger partial charge in [0.05, 0.1) is 11.7 Å². The standard InChI is InChI=1S/C20H20N2OS/c1-13(2)10-22-12-21-19-18(20(22)23)17(11-24-19)16-8-7-14-5-3-4-6-15(14)9-16/h7-9,11-12H,1,3-6,10H2,2H3. The molecule has 0 radical (unpaired) electrons. The second-order valence-electron chi connectivity index (χ2n) is 6.65. The quantitative estimate of drug-likeness (QED) is 0.656. The van der Waals surface area contributed by atoms with Crippen LogP contribution in [-0.2, 0) is 19.4 Å². The van der Waals surface area contributed by atoms with Crippen molar-refractivity contribution in [1.82, 2.24) is 9.55 Å². The Morgan fingerprint density at radius 3 is 2.88 bits per heavy atom. The molecule has 1 aromatic carbocycles. The monoisotopic (exact) mass is 336 g/mol. The van der Waals surface area contributed by atoms with Gasteiger partial charge in [-0.15, -0.1) is 11.3 Å². The predicted molar refractivity (Wildman–Crippen MR) is 101 cm³/mol. The highest BCUT2D eigenvalue weighted by Gasteiger charge is 2.15. The lowest BCUT2D eigenvalue weighted by atomic mass is 9.89. The maximum Gasteiger partial charge on any atom is 0.263 e. The molecule has 3 nitrogen and oxygen atoms in total. The van der Waals surface area contributed by atoms with Gasteiger partial charge in [0.25, 0.3) is 5.56 Å². The molecule has 0 amide bonds. The number of hydrogen-bond acceptors (Lipinski definition) is 3. The van der Waals surface area contributed by atoms with Gasteiger partial charge >= 0.3 is 0 Å². The van der Waals surface area contributed by atoms with Crippen LogP contribution in [0.2, 0.25) is 0 Å². The van der Waals surface area contributed by atoms with E-state index in [1.807, 2.05) is 6.92 Å². The molecule has 1 aliphatic rings. The third-order valence-corrected chi connectivity index (χ3v) is 5.55. The van der Waals surface area contributed by atoms with Crippen molar-refractivity contribution in [1.29, 1.82) is 0 Å². The zero-order chi connectivity index (χ0) is 16.7. The van der Waals surface area contributed by atoms with E-state index in [1.165, 1.54) is 30.4 Å². The number of fused-ring (bicyclic) bond motifs is 2. The fourth-order valence-corrected chi connectivity index (χ4v) is 4.39. The molecule has 0 atom stereocenters. The Hall–Kier alpha value is -2.20. The van der Waals surface area contributed by atoms with Crippen LogP contribution in [0.4, 0.5) is 0 Å². The largest absolute Gasteiger partial charge is 0.295 e. The summed E-state index contributed by atoms with van der Waals surface area (Å²) in [6.45, 7) is 6.34. The lowest BCUT2D eigenvalue weighted by Gasteiger charge is -2.16. The van der Waals surface area contributed by atoms with E-state index < -0.39 is 0 Å². The van der Waals surface area contributed by atoms with Gasteiger partial charge in [-0.3, -0.25) is 9.36 Å². The molecule has 2 aromatic heterocycles. The van der Waals surface area contributed by atoms with Crippen LogP contribution in [0, 0.1) is 0 Å². The minimum atomic E-state index is 0.0250. The molecule has 1 aliphatic carbocycles. The molecule has 0 fully saturated rings. The van der Waals surface area contributed by atoms with E-state index in [9.17, 15) is 4.79 Å². The van der Waals surface area contributed by atoms with Gasteiger partial charge < -0.3 is 0 Å².